The molecule has 1 aromatic carbocycles. The molecule has 4 unspecified atom stereocenters. The van der Waals surface area contributed by atoms with E-state index < -0.39 is 0 Å². The predicted molar refractivity (Wildman–Crippen MR) is 145 cm³/mol. The first-order valence-electron chi connectivity index (χ1n) is 14.6. The van der Waals surface area contributed by atoms with Crippen molar-refractivity contribution in [2.24, 2.45) is 11.8 Å². The Kier molecular flexibility index (Phi) is 7.83. The highest BCUT2D eigenvalue weighted by molar-refractivity contribution is 5.79. The maximum Gasteiger partial charge on any atom is 0.320 e. The third-order valence-electron chi connectivity index (χ3n) is 9.53. The lowest BCUT2D eigenvalue weighted by Crippen LogP contribution is -2.61. The molecule has 4 fully saturated rings. The fraction of sp³-hybridized carbons (Fsp3) is 0.733. The third-order valence-corrected chi connectivity index (χ3v) is 9.53. The van der Waals surface area contributed by atoms with E-state index in [0.717, 1.165) is 71.4 Å². The van der Waals surface area contributed by atoms with Gasteiger partial charge in [0.05, 0.1) is 11.6 Å². The first-order valence-corrected chi connectivity index (χ1v) is 14.6. The number of likely N-dealkylation sites (tertiary alicyclic amines) is 1. The molecular weight excluding hydrogens is 464 g/mol. The molecule has 4 aliphatic rings. The molecule has 5 rings (SSSR count). The van der Waals surface area contributed by atoms with Crippen LogP contribution in [0.4, 0.5) is 4.79 Å². The number of carbonyl (C=O) groups excluding carboxylic acids is 2. The van der Waals surface area contributed by atoms with Gasteiger partial charge in [-0.1, -0.05) is 37.3 Å². The summed E-state index contributed by atoms with van der Waals surface area (Å²) in [7, 11) is 0. The van der Waals surface area contributed by atoms with E-state index >= 15 is 0 Å². The maximum atomic E-state index is 13.7. The first kappa shape index (κ1) is 26.5. The minimum absolute atomic E-state index is 0.0175. The largest absolute Gasteiger partial charge is 0.381 e. The average Bonchev–Trinajstić information content (AvgIpc) is 3.33. The minimum atomic E-state index is -0.0512. The van der Waals surface area contributed by atoms with Crippen molar-refractivity contribution in [3.63, 3.8) is 0 Å². The van der Waals surface area contributed by atoms with Crippen molar-refractivity contribution in [2.45, 2.75) is 95.9 Å². The third kappa shape index (κ3) is 5.14. The number of ether oxygens (including phenoxy) is 1. The molecule has 3 amide bonds. The highest BCUT2D eigenvalue weighted by atomic mass is 16.5. The SMILES string of the molecule is CCC1C2CC3(CC2N1CC[C@H](NC(C)=O)c1ccccc1)CN(CC1CCOCC1)C(=O)N3C(C)C. The van der Waals surface area contributed by atoms with Gasteiger partial charge in [-0.25, -0.2) is 4.79 Å². The van der Waals surface area contributed by atoms with Gasteiger partial charge in [-0.3, -0.25) is 9.69 Å². The van der Waals surface area contributed by atoms with Gasteiger partial charge in [-0.05, 0) is 69.8 Å². The summed E-state index contributed by atoms with van der Waals surface area (Å²) in [6, 6.07) is 11.9. The quantitative estimate of drug-likeness (QED) is 0.534. The van der Waals surface area contributed by atoms with Gasteiger partial charge in [0.1, 0.15) is 0 Å². The van der Waals surface area contributed by atoms with Crippen LogP contribution in [0.5, 0.6) is 0 Å². The zero-order valence-electron chi connectivity index (χ0n) is 23.2. The van der Waals surface area contributed by atoms with Crippen molar-refractivity contribution in [1.29, 1.82) is 0 Å². The first-order chi connectivity index (χ1) is 17.8. The minimum Gasteiger partial charge on any atom is -0.381 e. The molecule has 1 aromatic rings. The van der Waals surface area contributed by atoms with Crippen LogP contribution >= 0.6 is 0 Å². The summed E-state index contributed by atoms with van der Waals surface area (Å²) in [6.07, 6.45) is 6.35. The van der Waals surface area contributed by atoms with Crippen LogP contribution in [0.25, 0.3) is 0 Å². The number of carbonyl (C=O) groups is 2. The Bertz CT molecular complexity index is 949. The van der Waals surface area contributed by atoms with E-state index in [-0.39, 0.29) is 29.6 Å². The topological polar surface area (TPSA) is 65.1 Å². The van der Waals surface area contributed by atoms with Crippen molar-refractivity contribution in [3.05, 3.63) is 35.9 Å². The molecule has 0 radical (unpaired) electrons. The van der Waals surface area contributed by atoms with Crippen LogP contribution in [-0.4, -0.2) is 83.2 Å². The fourth-order valence-electron chi connectivity index (χ4n) is 8.08. The van der Waals surface area contributed by atoms with Crippen LogP contribution in [0.3, 0.4) is 0 Å². The van der Waals surface area contributed by atoms with E-state index in [4.69, 9.17) is 4.74 Å². The van der Waals surface area contributed by atoms with Crippen LogP contribution in [-0.2, 0) is 9.53 Å². The van der Waals surface area contributed by atoms with Gasteiger partial charge < -0.3 is 19.9 Å². The number of nitrogens with zero attached hydrogens (tertiary/aromatic N) is 3. The Morgan fingerprint density at radius 1 is 1.16 bits per heavy atom. The second-order valence-electron chi connectivity index (χ2n) is 12.2. The summed E-state index contributed by atoms with van der Waals surface area (Å²) in [4.78, 5) is 32.8. The lowest BCUT2D eigenvalue weighted by molar-refractivity contribution is -0.119. The van der Waals surface area contributed by atoms with Gasteiger partial charge >= 0.3 is 6.03 Å². The second kappa shape index (κ2) is 10.9. The molecule has 3 heterocycles. The van der Waals surface area contributed by atoms with E-state index in [9.17, 15) is 9.59 Å². The maximum absolute atomic E-state index is 13.7. The van der Waals surface area contributed by atoms with Crippen LogP contribution in [0.15, 0.2) is 30.3 Å². The van der Waals surface area contributed by atoms with Gasteiger partial charge in [0.15, 0.2) is 0 Å². The van der Waals surface area contributed by atoms with Gasteiger partial charge in [0, 0.05) is 57.9 Å². The zero-order chi connectivity index (χ0) is 26.2. The molecule has 0 aromatic heterocycles. The Hall–Kier alpha value is -2.12. The number of hydrogen-bond donors (Lipinski definition) is 1. The number of nitrogens with one attached hydrogen (secondary N) is 1. The molecule has 3 aliphatic heterocycles. The summed E-state index contributed by atoms with van der Waals surface area (Å²) in [6.45, 7) is 12.6. The summed E-state index contributed by atoms with van der Waals surface area (Å²) < 4.78 is 5.56. The fourth-order valence-corrected chi connectivity index (χ4v) is 8.08. The van der Waals surface area contributed by atoms with Crippen molar-refractivity contribution in [3.8, 4) is 0 Å². The van der Waals surface area contributed by atoms with Crippen LogP contribution in [0.2, 0.25) is 0 Å². The van der Waals surface area contributed by atoms with E-state index in [1.807, 2.05) is 18.2 Å². The smallest absolute Gasteiger partial charge is 0.320 e. The Morgan fingerprint density at radius 2 is 1.89 bits per heavy atom. The Balaban J connectivity index is 1.29. The number of hydrogen-bond acceptors (Lipinski definition) is 4. The van der Waals surface area contributed by atoms with Crippen molar-refractivity contribution >= 4 is 11.9 Å². The lowest BCUT2D eigenvalue weighted by Gasteiger charge is -2.53. The number of urea groups is 1. The lowest BCUT2D eigenvalue weighted by atomic mass is 9.80. The molecule has 1 N–H and O–H groups in total. The average molecular weight is 511 g/mol. The monoisotopic (exact) mass is 510 g/mol. The molecule has 3 saturated heterocycles. The van der Waals surface area contributed by atoms with E-state index in [1.165, 1.54) is 5.56 Å². The van der Waals surface area contributed by atoms with Gasteiger partial charge in [0.2, 0.25) is 5.91 Å². The standard InChI is InChI=1S/C30H46N4O3/c1-5-27-25-17-30(20-32(29(36)34(30)21(2)3)19-23-12-15-37-16-13-23)18-28(25)33(27)14-11-26(31-22(4)35)24-9-7-6-8-10-24/h6-10,21,23,25-28H,5,11-20H2,1-4H3,(H,31,35)/t25?,26-,27?,28?,30?/m0/s1. The van der Waals surface area contributed by atoms with Crippen LogP contribution in [0.1, 0.15) is 77.8 Å². The van der Waals surface area contributed by atoms with Crippen LogP contribution in [0, 0.1) is 11.8 Å². The van der Waals surface area contributed by atoms with Gasteiger partial charge in [-0.2, -0.15) is 0 Å². The Labute approximate surface area is 222 Å². The number of amides is 3. The molecular formula is C30H46N4O3. The van der Waals surface area contributed by atoms with E-state index in [1.54, 1.807) is 6.92 Å². The number of fused-ring (bicyclic) bond motifs is 1. The number of benzene rings is 1. The molecule has 204 valence electrons. The molecule has 37 heavy (non-hydrogen) atoms. The molecule has 5 atom stereocenters. The summed E-state index contributed by atoms with van der Waals surface area (Å²) in [5.41, 5.74) is 1.12. The molecule has 1 spiro atoms. The van der Waals surface area contributed by atoms with Crippen molar-refractivity contribution < 1.29 is 14.3 Å². The summed E-state index contributed by atoms with van der Waals surface area (Å²) in [5.74, 6) is 1.23. The normalized spacial score (nSPS) is 31.2. The molecule has 1 saturated carbocycles. The zero-order valence-corrected chi connectivity index (χ0v) is 23.2. The second-order valence-corrected chi connectivity index (χ2v) is 12.2. The highest BCUT2D eigenvalue weighted by Gasteiger charge is 2.63. The highest BCUT2D eigenvalue weighted by Crippen LogP contribution is 2.54. The number of rotatable bonds is 9. The van der Waals surface area contributed by atoms with Gasteiger partial charge in [-0.15, -0.1) is 0 Å². The van der Waals surface area contributed by atoms with E-state index in [2.05, 4.69) is 52.9 Å². The molecule has 0 bridgehead atoms. The van der Waals surface area contributed by atoms with Crippen molar-refractivity contribution in [2.75, 3.05) is 32.8 Å². The molecule has 7 heteroatoms. The summed E-state index contributed by atoms with van der Waals surface area (Å²) >= 11 is 0. The summed E-state index contributed by atoms with van der Waals surface area (Å²) in [5, 5.41) is 3.18. The van der Waals surface area contributed by atoms with Gasteiger partial charge in [0.25, 0.3) is 0 Å². The van der Waals surface area contributed by atoms with Crippen LogP contribution < -0.4 is 5.32 Å². The predicted octanol–water partition coefficient (Wildman–Crippen LogP) is 4.44. The van der Waals surface area contributed by atoms with E-state index in [0.29, 0.717) is 23.9 Å². The Morgan fingerprint density at radius 3 is 2.54 bits per heavy atom. The molecule has 1 aliphatic carbocycles. The van der Waals surface area contributed by atoms with Crippen molar-refractivity contribution in [1.82, 2.24) is 20.0 Å². The molecule has 7 nitrogen and oxygen atoms in total.